The molecule has 0 bridgehead atoms. The molecule has 2 aromatic heterocycles. The molecule has 0 saturated carbocycles. The number of pyridine rings is 1. The molecule has 0 atom stereocenters. The van der Waals surface area contributed by atoms with Crippen LogP contribution in [0.1, 0.15) is 16.8 Å². The zero-order valence-electron chi connectivity index (χ0n) is 9.56. The normalized spacial score (nSPS) is 14.8. The molecule has 1 aromatic carbocycles. The van der Waals surface area contributed by atoms with Crippen LogP contribution in [-0.4, -0.2) is 22.4 Å². The fourth-order valence-electron chi connectivity index (χ4n) is 2.52. The molecule has 88 valence electrons. The predicted molar refractivity (Wildman–Crippen MR) is 68.0 cm³/mol. The lowest BCUT2D eigenvalue weighted by molar-refractivity contribution is 0.0935. The number of Topliss-reactive ketones (excluding diaryl/α,β-unsaturated/α-hetero) is 1. The minimum absolute atomic E-state index is 0.142. The predicted octanol–water partition coefficient (Wildman–Crippen LogP) is 2.68. The van der Waals surface area contributed by atoms with Crippen molar-refractivity contribution in [2.45, 2.75) is 6.42 Å². The number of carbonyl (C=O) groups excluding carboxylic acids is 1. The van der Waals surface area contributed by atoms with Gasteiger partial charge in [-0.1, -0.05) is 0 Å². The van der Waals surface area contributed by atoms with Gasteiger partial charge in [-0.15, -0.1) is 0 Å². The Kier molecular flexibility index (Phi) is 1.78. The summed E-state index contributed by atoms with van der Waals surface area (Å²) in [6.45, 7) is 0.449. The highest BCUT2D eigenvalue weighted by Gasteiger charge is 2.22. The van der Waals surface area contributed by atoms with E-state index in [9.17, 15) is 4.79 Å². The van der Waals surface area contributed by atoms with Crippen LogP contribution in [0, 0.1) is 0 Å². The van der Waals surface area contributed by atoms with E-state index in [4.69, 9.17) is 4.74 Å². The Bertz CT molecular complexity index is 789. The Hall–Kier alpha value is -2.36. The van der Waals surface area contributed by atoms with Gasteiger partial charge in [-0.25, -0.2) is 0 Å². The van der Waals surface area contributed by atoms with Crippen molar-refractivity contribution < 1.29 is 9.53 Å². The van der Waals surface area contributed by atoms with E-state index < -0.39 is 0 Å². The molecule has 4 nitrogen and oxygen atoms in total. The van der Waals surface area contributed by atoms with Crippen molar-refractivity contribution in [1.82, 2.24) is 9.97 Å². The van der Waals surface area contributed by atoms with Crippen LogP contribution < -0.4 is 4.74 Å². The van der Waals surface area contributed by atoms with Gasteiger partial charge in [0.2, 0.25) is 0 Å². The smallest absolute Gasteiger partial charge is 0.170 e. The number of rotatable bonds is 0. The minimum atomic E-state index is 0.142. The van der Waals surface area contributed by atoms with Crippen LogP contribution in [0.3, 0.4) is 0 Å². The third-order valence-corrected chi connectivity index (χ3v) is 3.35. The molecule has 3 heterocycles. The lowest BCUT2D eigenvalue weighted by atomic mass is 10.0. The fourth-order valence-corrected chi connectivity index (χ4v) is 2.52. The number of nitrogens with one attached hydrogen (secondary N) is 1. The molecule has 0 radical (unpaired) electrons. The van der Waals surface area contributed by atoms with Crippen molar-refractivity contribution in [2.24, 2.45) is 0 Å². The van der Waals surface area contributed by atoms with Crippen LogP contribution in [0.2, 0.25) is 0 Å². The monoisotopic (exact) mass is 238 g/mol. The molecule has 4 heteroatoms. The van der Waals surface area contributed by atoms with Crippen LogP contribution in [-0.2, 0) is 0 Å². The first kappa shape index (κ1) is 9.65. The summed E-state index contributed by atoms with van der Waals surface area (Å²) in [5.74, 6) is 0.817. The molecule has 0 aliphatic carbocycles. The number of nitrogens with zero attached hydrogens (tertiary/aromatic N) is 1. The number of aromatic nitrogens is 2. The maximum atomic E-state index is 11.9. The van der Waals surface area contributed by atoms with Crippen LogP contribution >= 0.6 is 0 Å². The third-order valence-electron chi connectivity index (χ3n) is 3.35. The van der Waals surface area contributed by atoms with Crippen molar-refractivity contribution in [3.05, 3.63) is 36.0 Å². The quantitative estimate of drug-likeness (QED) is 0.655. The number of hydrogen-bond donors (Lipinski definition) is 1. The summed E-state index contributed by atoms with van der Waals surface area (Å²) in [4.78, 5) is 19.5. The van der Waals surface area contributed by atoms with Crippen molar-refractivity contribution in [3.63, 3.8) is 0 Å². The number of benzene rings is 1. The molecule has 3 aromatic rings. The van der Waals surface area contributed by atoms with Gasteiger partial charge in [0.25, 0.3) is 0 Å². The van der Waals surface area contributed by atoms with Gasteiger partial charge in [0.15, 0.2) is 5.78 Å². The van der Waals surface area contributed by atoms with Gasteiger partial charge in [0, 0.05) is 12.6 Å². The molecular formula is C14H10N2O2. The van der Waals surface area contributed by atoms with Gasteiger partial charge in [-0.05, 0) is 24.3 Å². The molecule has 1 N–H and O–H groups in total. The summed E-state index contributed by atoms with van der Waals surface area (Å²) < 4.78 is 5.69. The highest BCUT2D eigenvalue weighted by atomic mass is 16.5. The highest BCUT2D eigenvalue weighted by molar-refractivity contribution is 6.13. The summed E-state index contributed by atoms with van der Waals surface area (Å²) in [5.41, 5.74) is 3.44. The average Bonchev–Trinajstić information content (AvgIpc) is 2.77. The Morgan fingerprint density at radius 1 is 1.22 bits per heavy atom. The molecule has 1 aliphatic rings. The van der Waals surface area contributed by atoms with E-state index in [0.29, 0.717) is 24.3 Å². The lowest BCUT2D eigenvalue weighted by Gasteiger charge is -2.16. The summed E-state index contributed by atoms with van der Waals surface area (Å²) in [6, 6.07) is 7.60. The van der Waals surface area contributed by atoms with Crippen molar-refractivity contribution in [3.8, 4) is 5.75 Å². The Labute approximate surface area is 103 Å². The Morgan fingerprint density at radius 2 is 2.17 bits per heavy atom. The van der Waals surface area contributed by atoms with E-state index in [0.717, 1.165) is 21.9 Å². The van der Waals surface area contributed by atoms with Gasteiger partial charge in [-0.3, -0.25) is 9.78 Å². The molecule has 4 rings (SSSR count). The molecule has 0 unspecified atom stereocenters. The molecule has 0 fully saturated rings. The Balaban J connectivity index is 2.21. The van der Waals surface area contributed by atoms with Gasteiger partial charge in [-0.2, -0.15) is 0 Å². The van der Waals surface area contributed by atoms with Crippen molar-refractivity contribution >= 4 is 27.7 Å². The first-order valence-electron chi connectivity index (χ1n) is 5.90. The number of ketones is 1. The number of ether oxygens (including phenoxy) is 1. The second kappa shape index (κ2) is 3.32. The molecular weight excluding hydrogens is 228 g/mol. The lowest BCUT2D eigenvalue weighted by Crippen LogP contribution is -2.15. The fraction of sp³-hybridized carbons (Fsp3) is 0.143. The van der Waals surface area contributed by atoms with Gasteiger partial charge in [0.05, 0.1) is 34.1 Å². The van der Waals surface area contributed by atoms with Gasteiger partial charge >= 0.3 is 0 Å². The number of hydrogen-bond acceptors (Lipinski definition) is 3. The molecule has 0 amide bonds. The zero-order valence-corrected chi connectivity index (χ0v) is 9.56. The first-order chi connectivity index (χ1) is 8.84. The number of fused-ring (bicyclic) bond motifs is 5. The van der Waals surface area contributed by atoms with Crippen molar-refractivity contribution in [1.29, 1.82) is 0 Å². The van der Waals surface area contributed by atoms with E-state index >= 15 is 0 Å². The Morgan fingerprint density at radius 3 is 3.11 bits per heavy atom. The van der Waals surface area contributed by atoms with E-state index in [1.807, 2.05) is 24.3 Å². The molecule has 0 spiro atoms. The van der Waals surface area contributed by atoms with Crippen LogP contribution in [0.25, 0.3) is 21.9 Å². The minimum Gasteiger partial charge on any atom is -0.492 e. The second-order valence-corrected chi connectivity index (χ2v) is 4.41. The SMILES string of the molecule is O=C1CCOc2c1ccc1[nH]c3cccnc3c21. The number of aromatic amines is 1. The van der Waals surface area contributed by atoms with Crippen LogP contribution in [0.4, 0.5) is 0 Å². The number of H-pyrrole nitrogens is 1. The number of carbonyl (C=O) groups is 1. The van der Waals surface area contributed by atoms with E-state index in [-0.39, 0.29) is 5.78 Å². The van der Waals surface area contributed by atoms with E-state index in [1.165, 1.54) is 0 Å². The molecule has 0 saturated heterocycles. The second-order valence-electron chi connectivity index (χ2n) is 4.41. The maximum absolute atomic E-state index is 11.9. The van der Waals surface area contributed by atoms with E-state index in [2.05, 4.69) is 9.97 Å². The van der Waals surface area contributed by atoms with Crippen molar-refractivity contribution in [2.75, 3.05) is 6.61 Å². The van der Waals surface area contributed by atoms with Crippen LogP contribution in [0.5, 0.6) is 5.75 Å². The average molecular weight is 238 g/mol. The summed E-state index contributed by atoms with van der Waals surface area (Å²) in [7, 11) is 0. The van der Waals surface area contributed by atoms with Crippen LogP contribution in [0.15, 0.2) is 30.5 Å². The van der Waals surface area contributed by atoms with E-state index in [1.54, 1.807) is 6.20 Å². The summed E-state index contributed by atoms with van der Waals surface area (Å²) in [6.07, 6.45) is 2.20. The molecule has 1 aliphatic heterocycles. The largest absolute Gasteiger partial charge is 0.492 e. The maximum Gasteiger partial charge on any atom is 0.170 e. The van der Waals surface area contributed by atoms with Gasteiger partial charge < -0.3 is 9.72 Å². The summed E-state index contributed by atoms with van der Waals surface area (Å²) >= 11 is 0. The zero-order chi connectivity index (χ0) is 12.1. The molecule has 18 heavy (non-hydrogen) atoms. The summed E-state index contributed by atoms with van der Waals surface area (Å²) in [5, 5.41) is 0.913. The standard InChI is InChI=1S/C14H10N2O2/c17-11-5-7-18-14-8(11)3-4-9-12(14)13-10(16-9)2-1-6-15-13/h1-4,6,16H,5,7H2. The third kappa shape index (κ3) is 1.14. The van der Waals surface area contributed by atoms with Gasteiger partial charge in [0.1, 0.15) is 5.75 Å². The highest BCUT2D eigenvalue weighted by Crippen LogP contribution is 2.37. The topological polar surface area (TPSA) is 55.0 Å². The first-order valence-corrected chi connectivity index (χ1v) is 5.90.